The number of hydrogen-bond donors (Lipinski definition) is 1. The van der Waals surface area contributed by atoms with Crippen LogP contribution in [0.1, 0.15) is 12.8 Å². The van der Waals surface area contributed by atoms with Gasteiger partial charge in [-0.05, 0) is 28.1 Å². The van der Waals surface area contributed by atoms with Gasteiger partial charge < -0.3 is 5.73 Å². The third-order valence-corrected chi connectivity index (χ3v) is 5.06. The van der Waals surface area contributed by atoms with E-state index in [0.717, 1.165) is 10.4 Å². The van der Waals surface area contributed by atoms with Gasteiger partial charge in [-0.15, -0.1) is 0 Å². The third-order valence-electron chi connectivity index (χ3n) is 2.58. The van der Waals surface area contributed by atoms with E-state index in [0.29, 0.717) is 0 Å². The van der Waals surface area contributed by atoms with Crippen molar-refractivity contribution in [3.05, 3.63) is 22.4 Å². The van der Waals surface area contributed by atoms with E-state index >= 15 is 0 Å². The van der Waals surface area contributed by atoms with Gasteiger partial charge in [0.05, 0.1) is 16.6 Å². The molecule has 0 unspecified atom stereocenters. The highest BCUT2D eigenvalue weighted by molar-refractivity contribution is 9.10. The van der Waals surface area contributed by atoms with Crippen LogP contribution in [0.3, 0.4) is 0 Å². The lowest BCUT2D eigenvalue weighted by atomic mass is 10.3. The van der Waals surface area contributed by atoms with Crippen LogP contribution in [0.2, 0.25) is 0 Å². The van der Waals surface area contributed by atoms with Crippen molar-refractivity contribution in [1.29, 1.82) is 10.5 Å². The van der Waals surface area contributed by atoms with E-state index in [-0.39, 0.29) is 36.1 Å². The molecule has 0 spiro atoms. The average Bonchev–Trinajstić information content (AvgIpc) is 2.42. The summed E-state index contributed by atoms with van der Waals surface area (Å²) in [5.74, 6) is -0.955. The van der Waals surface area contributed by atoms with E-state index in [1.165, 1.54) is 6.07 Å². The zero-order chi connectivity index (χ0) is 16.0. The molecule has 0 atom stereocenters. The molecule has 0 aliphatic rings. The van der Waals surface area contributed by atoms with E-state index in [1.807, 2.05) is 12.1 Å². The lowest BCUT2D eigenvalue weighted by Gasteiger charge is -2.20. The second kappa shape index (κ2) is 7.36. The fraction of sp³-hybridized carbons (Fsp3) is 0.333. The lowest BCUT2D eigenvalue weighted by molar-refractivity contribution is 0.420. The average molecular weight is 375 g/mol. The molecule has 0 bridgehead atoms. The van der Waals surface area contributed by atoms with Gasteiger partial charge in [-0.1, -0.05) is 0 Å². The quantitative estimate of drug-likeness (QED) is 0.765. The van der Waals surface area contributed by atoms with Crippen molar-refractivity contribution in [2.45, 2.75) is 17.7 Å². The smallest absolute Gasteiger partial charge is 0.246 e. The normalized spacial score (nSPS) is 11.1. The van der Waals surface area contributed by atoms with Gasteiger partial charge in [0.15, 0.2) is 5.82 Å². The molecule has 0 fully saturated rings. The fourth-order valence-electron chi connectivity index (χ4n) is 1.61. The number of hydrogen-bond acceptors (Lipinski definition) is 5. The second-order valence-corrected chi connectivity index (χ2v) is 6.80. The molecule has 1 aromatic rings. The van der Waals surface area contributed by atoms with Crippen LogP contribution in [-0.2, 0) is 10.0 Å². The fourth-order valence-corrected chi connectivity index (χ4v) is 3.78. The van der Waals surface area contributed by atoms with Crippen LogP contribution < -0.4 is 5.73 Å². The molecule has 0 saturated heterocycles. The molecule has 0 radical (unpaired) electrons. The second-order valence-electron chi connectivity index (χ2n) is 4.04. The molecule has 1 aromatic carbocycles. The van der Waals surface area contributed by atoms with Crippen LogP contribution in [0.4, 0.5) is 10.1 Å². The summed E-state index contributed by atoms with van der Waals surface area (Å²) in [4.78, 5) is -0.578. The highest BCUT2D eigenvalue weighted by atomic mass is 79.9. The standard InChI is InChI=1S/C12H12BrFN4O2S/c13-10-7-9(17)8-11(12(10)14)21(19,20)18(5-1-3-15)6-2-4-16/h7-8H,1-2,5-6,17H2. The van der Waals surface area contributed by atoms with E-state index in [4.69, 9.17) is 16.3 Å². The van der Waals surface area contributed by atoms with Gasteiger partial charge in [-0.25, -0.2) is 12.8 Å². The summed E-state index contributed by atoms with van der Waals surface area (Å²) in [5.41, 5.74) is 5.63. The minimum atomic E-state index is -4.18. The first-order chi connectivity index (χ1) is 9.84. The topological polar surface area (TPSA) is 111 Å². The monoisotopic (exact) mass is 374 g/mol. The number of nitrogens with two attached hydrogens (primary N) is 1. The highest BCUT2D eigenvalue weighted by Gasteiger charge is 2.28. The molecule has 0 amide bonds. The van der Waals surface area contributed by atoms with E-state index < -0.39 is 20.7 Å². The first-order valence-corrected chi connectivity index (χ1v) is 8.06. The van der Waals surface area contributed by atoms with E-state index in [9.17, 15) is 12.8 Å². The summed E-state index contributed by atoms with van der Waals surface area (Å²) in [6, 6.07) is 5.91. The Labute approximate surface area is 130 Å². The number of halogens is 2. The number of anilines is 1. The number of nitriles is 2. The maximum atomic E-state index is 14.0. The summed E-state index contributed by atoms with van der Waals surface area (Å²) < 4.78 is 39.8. The Kier molecular flexibility index (Phi) is 6.09. The first-order valence-electron chi connectivity index (χ1n) is 5.83. The van der Waals surface area contributed by atoms with Crippen molar-refractivity contribution in [3.63, 3.8) is 0 Å². The minimum absolute atomic E-state index is 0.0598. The number of benzene rings is 1. The number of rotatable bonds is 6. The van der Waals surface area contributed by atoms with Crippen molar-refractivity contribution in [2.24, 2.45) is 0 Å². The number of nitrogen functional groups attached to an aromatic ring is 1. The Bertz CT molecular complexity index is 691. The summed E-state index contributed by atoms with van der Waals surface area (Å²) >= 11 is 2.90. The molecular formula is C12H12BrFN4O2S. The lowest BCUT2D eigenvalue weighted by Crippen LogP contribution is -2.33. The maximum Gasteiger partial charge on any atom is 0.246 e. The Morgan fingerprint density at radius 1 is 1.24 bits per heavy atom. The Balaban J connectivity index is 3.29. The zero-order valence-corrected chi connectivity index (χ0v) is 13.3. The molecular weight excluding hydrogens is 363 g/mol. The van der Waals surface area contributed by atoms with Crippen LogP contribution in [0.5, 0.6) is 0 Å². The van der Waals surface area contributed by atoms with Gasteiger partial charge in [-0.3, -0.25) is 0 Å². The first kappa shape index (κ1) is 17.4. The van der Waals surface area contributed by atoms with Crippen LogP contribution >= 0.6 is 15.9 Å². The molecule has 0 aromatic heterocycles. The SMILES string of the molecule is N#CCCN(CCC#N)S(=O)(=O)c1cc(N)cc(Br)c1F. The van der Waals surface area contributed by atoms with Crippen LogP contribution in [0.25, 0.3) is 0 Å². The van der Waals surface area contributed by atoms with Crippen molar-refractivity contribution in [1.82, 2.24) is 4.31 Å². The van der Waals surface area contributed by atoms with Crippen LogP contribution in [-0.4, -0.2) is 25.8 Å². The van der Waals surface area contributed by atoms with Gasteiger partial charge in [-0.2, -0.15) is 14.8 Å². The molecule has 0 aliphatic carbocycles. The van der Waals surface area contributed by atoms with Gasteiger partial charge in [0.2, 0.25) is 10.0 Å². The molecule has 9 heteroatoms. The Morgan fingerprint density at radius 3 is 2.24 bits per heavy atom. The molecule has 0 saturated carbocycles. The Morgan fingerprint density at radius 2 is 1.76 bits per heavy atom. The van der Waals surface area contributed by atoms with E-state index in [2.05, 4.69) is 15.9 Å². The molecule has 1 rings (SSSR count). The van der Waals surface area contributed by atoms with Crippen LogP contribution in [0, 0.1) is 28.5 Å². The van der Waals surface area contributed by atoms with E-state index in [1.54, 1.807) is 0 Å². The van der Waals surface area contributed by atoms with Crippen molar-refractivity contribution >= 4 is 31.6 Å². The summed E-state index contributed by atoms with van der Waals surface area (Å²) in [7, 11) is -4.18. The molecule has 0 heterocycles. The summed E-state index contributed by atoms with van der Waals surface area (Å²) in [6.07, 6.45) is -0.120. The summed E-state index contributed by atoms with van der Waals surface area (Å²) in [5, 5.41) is 17.2. The van der Waals surface area contributed by atoms with Gasteiger partial charge in [0.25, 0.3) is 0 Å². The van der Waals surface area contributed by atoms with Gasteiger partial charge in [0.1, 0.15) is 4.90 Å². The minimum Gasteiger partial charge on any atom is -0.399 e. The number of nitrogens with zero attached hydrogens (tertiary/aromatic N) is 3. The van der Waals surface area contributed by atoms with Crippen molar-refractivity contribution in [2.75, 3.05) is 18.8 Å². The summed E-state index contributed by atoms with van der Waals surface area (Å²) in [6.45, 7) is -0.237. The maximum absolute atomic E-state index is 14.0. The van der Waals surface area contributed by atoms with Gasteiger partial charge >= 0.3 is 0 Å². The third kappa shape index (κ3) is 4.14. The van der Waals surface area contributed by atoms with Crippen LogP contribution in [0.15, 0.2) is 21.5 Å². The van der Waals surface area contributed by atoms with Crippen molar-refractivity contribution < 1.29 is 12.8 Å². The molecule has 0 aliphatic heterocycles. The van der Waals surface area contributed by atoms with Gasteiger partial charge in [0, 0.05) is 31.6 Å². The zero-order valence-electron chi connectivity index (χ0n) is 10.9. The molecule has 112 valence electrons. The largest absolute Gasteiger partial charge is 0.399 e. The van der Waals surface area contributed by atoms with Crippen molar-refractivity contribution in [3.8, 4) is 12.1 Å². The highest BCUT2D eigenvalue weighted by Crippen LogP contribution is 2.28. The predicted molar refractivity (Wildman–Crippen MR) is 77.7 cm³/mol. The molecule has 21 heavy (non-hydrogen) atoms. The molecule has 2 N–H and O–H groups in total. The predicted octanol–water partition coefficient (Wildman–Crippen LogP) is 1.99. The molecule has 6 nitrogen and oxygen atoms in total. The Hall–Kier alpha value is -1.68. The number of sulfonamides is 1.